The van der Waals surface area contributed by atoms with E-state index in [0.717, 1.165) is 29.9 Å². The van der Waals surface area contributed by atoms with Gasteiger partial charge in [-0.3, -0.25) is 19.5 Å². The molecule has 0 atom stereocenters. The minimum Gasteiger partial charge on any atom is -0.487 e. The zero-order valence-corrected chi connectivity index (χ0v) is 16.6. The normalized spacial score (nSPS) is 17.7. The molecule has 1 aromatic heterocycles. The molecule has 1 saturated carbocycles. The number of nitrogens with one attached hydrogen (secondary N) is 2. The van der Waals surface area contributed by atoms with Gasteiger partial charge in [0.05, 0.1) is 5.69 Å². The molecule has 156 valence electrons. The van der Waals surface area contributed by atoms with Crippen LogP contribution in [0, 0.1) is 0 Å². The predicted octanol–water partition coefficient (Wildman–Crippen LogP) is 2.85. The predicted molar refractivity (Wildman–Crippen MR) is 110 cm³/mol. The summed E-state index contributed by atoms with van der Waals surface area (Å²) in [6, 6.07) is 12.0. The second-order valence-electron chi connectivity index (χ2n) is 7.65. The number of benzene rings is 1. The van der Waals surface area contributed by atoms with Gasteiger partial charge in [-0.25, -0.2) is 4.79 Å². The summed E-state index contributed by atoms with van der Waals surface area (Å²) in [7, 11) is 0. The molecule has 1 saturated heterocycles. The monoisotopic (exact) mass is 408 g/mol. The molecular formula is C22H24N4O4. The summed E-state index contributed by atoms with van der Waals surface area (Å²) in [5, 5.41) is 5.54. The van der Waals surface area contributed by atoms with E-state index in [4.69, 9.17) is 4.74 Å². The third-order valence-corrected chi connectivity index (χ3v) is 5.49. The number of anilines is 1. The van der Waals surface area contributed by atoms with Gasteiger partial charge in [0, 0.05) is 18.0 Å². The van der Waals surface area contributed by atoms with Crippen molar-refractivity contribution in [1.82, 2.24) is 15.2 Å². The number of carbonyl (C=O) groups excluding carboxylic acids is 3. The number of hydrogen-bond acceptors (Lipinski definition) is 5. The highest BCUT2D eigenvalue weighted by Crippen LogP contribution is 2.33. The van der Waals surface area contributed by atoms with Crippen LogP contribution in [0.4, 0.5) is 10.5 Å². The fourth-order valence-corrected chi connectivity index (χ4v) is 3.96. The van der Waals surface area contributed by atoms with Crippen molar-refractivity contribution in [3.63, 3.8) is 0 Å². The molecule has 2 N–H and O–H groups in total. The van der Waals surface area contributed by atoms with Crippen LogP contribution in [0.1, 0.15) is 37.8 Å². The highest BCUT2D eigenvalue weighted by molar-refractivity contribution is 6.10. The number of nitrogens with zero attached hydrogens (tertiary/aromatic N) is 2. The first-order valence-electron chi connectivity index (χ1n) is 10.1. The van der Waals surface area contributed by atoms with Crippen molar-refractivity contribution in [2.75, 3.05) is 11.9 Å². The average Bonchev–Trinajstić information content (AvgIpc) is 2.97. The lowest BCUT2D eigenvalue weighted by molar-refractivity contribution is -0.134. The topological polar surface area (TPSA) is 101 Å². The minimum atomic E-state index is -0.825. The van der Waals surface area contributed by atoms with Gasteiger partial charge in [0.1, 0.15) is 24.4 Å². The van der Waals surface area contributed by atoms with Crippen molar-refractivity contribution in [1.29, 1.82) is 0 Å². The van der Waals surface area contributed by atoms with Crippen LogP contribution in [0.2, 0.25) is 0 Å². The molecule has 8 nitrogen and oxygen atoms in total. The van der Waals surface area contributed by atoms with Crippen LogP contribution in [-0.4, -0.2) is 39.8 Å². The van der Waals surface area contributed by atoms with E-state index in [0.29, 0.717) is 30.9 Å². The molecule has 4 amide bonds. The number of urea groups is 1. The number of carbonyl (C=O) groups is 3. The minimum absolute atomic E-state index is 0.296. The van der Waals surface area contributed by atoms with Crippen LogP contribution in [0.15, 0.2) is 48.7 Å². The highest BCUT2D eigenvalue weighted by Gasteiger charge is 2.51. The fraction of sp³-hybridized carbons (Fsp3) is 0.364. The molecule has 30 heavy (non-hydrogen) atoms. The van der Waals surface area contributed by atoms with Gasteiger partial charge in [-0.05, 0) is 37.1 Å². The van der Waals surface area contributed by atoms with Crippen LogP contribution in [-0.2, 0) is 16.2 Å². The van der Waals surface area contributed by atoms with E-state index in [9.17, 15) is 14.4 Å². The molecule has 4 rings (SSSR count). The molecule has 1 aliphatic heterocycles. The Bertz CT molecular complexity index is 941. The lowest BCUT2D eigenvalue weighted by Crippen LogP contribution is -2.48. The largest absolute Gasteiger partial charge is 0.487 e. The molecule has 1 aromatic carbocycles. The van der Waals surface area contributed by atoms with E-state index in [1.165, 1.54) is 0 Å². The molecule has 2 fully saturated rings. The van der Waals surface area contributed by atoms with Crippen LogP contribution < -0.4 is 15.4 Å². The van der Waals surface area contributed by atoms with Gasteiger partial charge in [0.15, 0.2) is 0 Å². The summed E-state index contributed by atoms with van der Waals surface area (Å²) in [5.74, 6) is -0.155. The van der Waals surface area contributed by atoms with Gasteiger partial charge in [-0.2, -0.15) is 0 Å². The summed E-state index contributed by atoms with van der Waals surface area (Å²) in [6.45, 7) is -0.00574. The van der Waals surface area contributed by atoms with Gasteiger partial charge >= 0.3 is 6.03 Å². The Morgan fingerprint density at radius 1 is 1.13 bits per heavy atom. The van der Waals surface area contributed by atoms with Crippen LogP contribution in [0.25, 0.3) is 0 Å². The number of ether oxygens (including phenoxy) is 1. The Hall–Kier alpha value is -3.42. The number of rotatable bonds is 6. The summed E-state index contributed by atoms with van der Waals surface area (Å²) >= 11 is 0. The van der Waals surface area contributed by atoms with Crippen molar-refractivity contribution >= 4 is 23.5 Å². The van der Waals surface area contributed by atoms with Crippen LogP contribution in [0.5, 0.6) is 5.75 Å². The smallest absolute Gasteiger partial charge is 0.325 e. The fourth-order valence-electron chi connectivity index (χ4n) is 3.96. The summed E-state index contributed by atoms with van der Waals surface area (Å²) in [6.07, 6.45) is 5.82. The zero-order valence-electron chi connectivity index (χ0n) is 16.6. The third-order valence-electron chi connectivity index (χ3n) is 5.49. The lowest BCUT2D eigenvalue weighted by atomic mass is 9.82. The Morgan fingerprint density at radius 3 is 2.73 bits per heavy atom. The number of pyridine rings is 1. The maximum absolute atomic E-state index is 12.8. The first-order valence-corrected chi connectivity index (χ1v) is 10.1. The summed E-state index contributed by atoms with van der Waals surface area (Å²) < 4.78 is 5.71. The Kier molecular flexibility index (Phi) is 5.65. The molecule has 8 heteroatoms. The number of imide groups is 1. The number of aromatic nitrogens is 1. The van der Waals surface area contributed by atoms with Crippen LogP contribution >= 0.6 is 0 Å². The van der Waals surface area contributed by atoms with Crippen molar-refractivity contribution < 1.29 is 19.1 Å². The SMILES string of the molecule is O=C(CN1C(=O)NC2(CCCCC2)C1=O)Nc1cccc(OCc2ccccn2)c1. The van der Waals surface area contributed by atoms with Crippen molar-refractivity contribution in [3.8, 4) is 5.75 Å². The van der Waals surface area contributed by atoms with E-state index in [1.807, 2.05) is 18.2 Å². The zero-order chi connectivity index (χ0) is 21.0. The van der Waals surface area contributed by atoms with Gasteiger partial charge in [0.25, 0.3) is 5.91 Å². The van der Waals surface area contributed by atoms with Crippen LogP contribution in [0.3, 0.4) is 0 Å². The molecular weight excluding hydrogens is 384 g/mol. The number of hydrogen-bond donors (Lipinski definition) is 2. The summed E-state index contributed by atoms with van der Waals surface area (Å²) in [4.78, 5) is 42.8. The van der Waals surface area contributed by atoms with Crippen molar-refractivity contribution in [2.24, 2.45) is 0 Å². The molecule has 0 radical (unpaired) electrons. The molecule has 0 unspecified atom stereocenters. The van der Waals surface area contributed by atoms with Gasteiger partial charge in [0.2, 0.25) is 5.91 Å². The third kappa shape index (κ3) is 4.27. The Labute approximate surface area is 174 Å². The van der Waals surface area contributed by atoms with Crippen molar-refractivity contribution in [3.05, 3.63) is 54.4 Å². The van der Waals surface area contributed by atoms with E-state index < -0.39 is 17.5 Å². The van der Waals surface area contributed by atoms with Gasteiger partial charge < -0.3 is 15.4 Å². The lowest BCUT2D eigenvalue weighted by Gasteiger charge is -2.30. The van der Waals surface area contributed by atoms with Gasteiger partial charge in [-0.1, -0.05) is 31.4 Å². The Balaban J connectivity index is 1.35. The second-order valence-corrected chi connectivity index (χ2v) is 7.65. The van der Waals surface area contributed by atoms with E-state index in [2.05, 4.69) is 15.6 Å². The summed E-state index contributed by atoms with van der Waals surface area (Å²) in [5.41, 5.74) is 0.495. The number of amides is 4. The first-order chi connectivity index (χ1) is 14.6. The molecule has 1 spiro atoms. The van der Waals surface area contributed by atoms with Gasteiger partial charge in [-0.15, -0.1) is 0 Å². The molecule has 2 heterocycles. The maximum atomic E-state index is 12.8. The standard InChI is InChI=1S/C22H24N4O4/c27-19(14-26-20(28)22(25-21(26)29)10-3-1-4-11-22)24-16-8-6-9-18(13-16)30-15-17-7-2-5-12-23-17/h2,5-9,12-13H,1,3-4,10-11,14-15H2,(H,24,27)(H,25,29). The first kappa shape index (κ1) is 19.9. The van der Waals surface area contributed by atoms with Crippen molar-refractivity contribution in [2.45, 2.75) is 44.2 Å². The van der Waals surface area contributed by atoms with E-state index in [1.54, 1.807) is 30.5 Å². The average molecular weight is 408 g/mol. The highest BCUT2D eigenvalue weighted by atomic mass is 16.5. The molecule has 2 aliphatic rings. The maximum Gasteiger partial charge on any atom is 0.325 e. The molecule has 1 aliphatic carbocycles. The Morgan fingerprint density at radius 2 is 1.97 bits per heavy atom. The molecule has 0 bridgehead atoms. The van der Waals surface area contributed by atoms with E-state index in [-0.39, 0.29) is 12.5 Å². The van der Waals surface area contributed by atoms with E-state index >= 15 is 0 Å². The molecule has 2 aromatic rings. The quantitative estimate of drug-likeness (QED) is 0.716. The second kappa shape index (κ2) is 8.52.